The van der Waals surface area contributed by atoms with Gasteiger partial charge in [-0.2, -0.15) is 0 Å². The average Bonchev–Trinajstić information content (AvgIpc) is 2.12. The second kappa shape index (κ2) is 4.18. The van der Waals surface area contributed by atoms with Gasteiger partial charge in [-0.3, -0.25) is 0 Å². The first kappa shape index (κ1) is 9.31. The summed E-state index contributed by atoms with van der Waals surface area (Å²) in [6, 6.07) is 0.508. The van der Waals surface area contributed by atoms with Gasteiger partial charge in [0.25, 0.3) is 0 Å². The van der Waals surface area contributed by atoms with Crippen molar-refractivity contribution in [1.29, 1.82) is 0 Å². The topological polar surface area (TPSA) is 17.8 Å². The van der Waals surface area contributed by atoms with E-state index in [4.69, 9.17) is 0 Å². The van der Waals surface area contributed by atoms with E-state index in [1.165, 1.54) is 0 Å². The van der Waals surface area contributed by atoms with Crippen molar-refractivity contribution < 1.29 is 32.7 Å². The van der Waals surface area contributed by atoms with Gasteiger partial charge < -0.3 is 9.55 Å². The van der Waals surface area contributed by atoms with Gasteiger partial charge in [0.15, 0.2) is 0 Å². The van der Waals surface area contributed by atoms with Gasteiger partial charge in [0, 0.05) is 38.8 Å². The predicted octanol–water partition coefficient (Wildman–Crippen LogP) is 1.26. The number of rotatable bonds is 1. The van der Waals surface area contributed by atoms with Crippen LogP contribution in [0.5, 0.6) is 0 Å². The Kier molecular flexibility index (Phi) is 4.33. The van der Waals surface area contributed by atoms with E-state index in [2.05, 4.69) is 25.0 Å². The van der Waals surface area contributed by atoms with E-state index in [-0.39, 0.29) is 32.7 Å². The molecule has 0 saturated heterocycles. The molecule has 0 aliphatic rings. The number of aromatic nitrogens is 2. The average molecular weight is 198 g/mol. The van der Waals surface area contributed by atoms with Crippen LogP contribution >= 0.6 is 0 Å². The molecule has 1 rings (SSSR count). The minimum atomic E-state index is 0. The van der Waals surface area contributed by atoms with Gasteiger partial charge in [-0.1, -0.05) is 12.5 Å². The molecule has 1 radical (unpaired) electrons. The van der Waals surface area contributed by atoms with Crippen LogP contribution in [0.3, 0.4) is 0 Å². The zero-order chi connectivity index (χ0) is 5.98. The fourth-order valence-electron chi connectivity index (χ4n) is 0.516. The molecular weight excluding hydrogens is 189 g/mol. The Morgan fingerprint density at radius 2 is 2.22 bits per heavy atom. The van der Waals surface area contributed by atoms with Crippen molar-refractivity contribution in [2.45, 2.75) is 19.9 Å². The van der Waals surface area contributed by atoms with Crippen molar-refractivity contribution in [1.82, 2.24) is 9.55 Å². The van der Waals surface area contributed by atoms with Crippen molar-refractivity contribution in [2.24, 2.45) is 0 Å². The van der Waals surface area contributed by atoms with Crippen molar-refractivity contribution in [3.8, 4) is 0 Å². The Balaban J connectivity index is 0.000000640. The Hall–Kier alpha value is 0.314. The summed E-state index contributed by atoms with van der Waals surface area (Å²) in [6.45, 7) is 4.21. The number of imidazole rings is 1. The van der Waals surface area contributed by atoms with E-state index < -0.39 is 0 Å². The van der Waals surface area contributed by atoms with Crippen LogP contribution in [0.15, 0.2) is 12.5 Å². The summed E-state index contributed by atoms with van der Waals surface area (Å²) >= 11 is 0. The minimum Gasteiger partial charge on any atom is -0.442 e. The molecule has 47 valence electrons. The zero-order valence-electron chi connectivity index (χ0n) is 5.70. The normalized spacial score (nSPS) is 9.22. The van der Waals surface area contributed by atoms with Gasteiger partial charge in [-0.25, -0.2) is 0 Å². The second-order valence-electron chi connectivity index (χ2n) is 2.04. The third-order valence-corrected chi connectivity index (χ3v) is 1.07. The van der Waals surface area contributed by atoms with Crippen LogP contribution in [0.4, 0.5) is 0 Å². The molecule has 0 saturated carbocycles. The molecule has 1 aromatic heterocycles. The van der Waals surface area contributed by atoms with Crippen LogP contribution in [0.25, 0.3) is 0 Å². The Labute approximate surface area is 80.5 Å². The van der Waals surface area contributed by atoms with E-state index in [0.717, 1.165) is 0 Å². The molecule has 0 unspecified atom stereocenters. The van der Waals surface area contributed by atoms with Crippen LogP contribution in [-0.2, 0) is 32.7 Å². The zero-order valence-corrected chi connectivity index (χ0v) is 8.54. The first-order valence-electron chi connectivity index (χ1n) is 2.70. The maximum absolute atomic E-state index is 3.78. The van der Waals surface area contributed by atoms with Gasteiger partial charge >= 0.3 is 0 Å². The summed E-state index contributed by atoms with van der Waals surface area (Å²) in [6.07, 6.45) is 6.33. The molecule has 0 fully saturated rings. The molecule has 1 heterocycles. The summed E-state index contributed by atoms with van der Waals surface area (Å²) in [5, 5.41) is 0. The summed E-state index contributed by atoms with van der Waals surface area (Å²) in [5.74, 6) is 0. The molecule has 0 N–H and O–H groups in total. The number of hydrogen-bond donors (Lipinski definition) is 0. The molecule has 0 atom stereocenters. The minimum absolute atomic E-state index is 0. The van der Waals surface area contributed by atoms with Crippen LogP contribution in [0.1, 0.15) is 19.9 Å². The van der Waals surface area contributed by atoms with Crippen molar-refractivity contribution in [2.75, 3.05) is 0 Å². The molecule has 2 nitrogen and oxygen atoms in total. The van der Waals surface area contributed by atoms with Gasteiger partial charge in [0.05, 0.1) is 0 Å². The molecule has 0 spiro atoms. The van der Waals surface area contributed by atoms with Crippen LogP contribution < -0.4 is 0 Å². The monoisotopic (exact) mass is 198 g/mol. The second-order valence-corrected chi connectivity index (χ2v) is 2.04. The third kappa shape index (κ3) is 2.59. The van der Waals surface area contributed by atoms with Crippen LogP contribution in [-0.4, -0.2) is 9.55 Å². The van der Waals surface area contributed by atoms with Crippen molar-refractivity contribution >= 4 is 0 Å². The first-order chi connectivity index (χ1) is 3.80. The summed E-state index contributed by atoms with van der Waals surface area (Å²) in [5.41, 5.74) is 0. The Bertz CT molecular complexity index is 146. The maximum Gasteiger partial charge on any atom is 0.0101 e. The first-order valence-corrected chi connectivity index (χ1v) is 2.70. The summed E-state index contributed by atoms with van der Waals surface area (Å²) in [7, 11) is 0. The fourth-order valence-corrected chi connectivity index (χ4v) is 0.516. The standard InChI is InChI=1S/C6H9N2.Y/c1-6(2)8-4-3-7-5-8;/h4-6H,1-2H3;/q-1;. The van der Waals surface area contributed by atoms with E-state index >= 15 is 0 Å². The molecule has 0 aromatic carbocycles. The van der Waals surface area contributed by atoms with Gasteiger partial charge in [-0.15, -0.1) is 6.20 Å². The Morgan fingerprint density at radius 3 is 2.44 bits per heavy atom. The van der Waals surface area contributed by atoms with Gasteiger partial charge in [0.2, 0.25) is 0 Å². The molecule has 9 heavy (non-hydrogen) atoms. The quantitative estimate of drug-likeness (QED) is 0.621. The van der Waals surface area contributed by atoms with Crippen LogP contribution in [0, 0.1) is 6.20 Å². The predicted molar refractivity (Wildman–Crippen MR) is 31.4 cm³/mol. The van der Waals surface area contributed by atoms with Gasteiger partial charge in [0.1, 0.15) is 0 Å². The van der Waals surface area contributed by atoms with Crippen LogP contribution in [0.2, 0.25) is 0 Å². The maximum atomic E-state index is 3.78. The molecule has 3 heteroatoms. The summed E-state index contributed by atoms with van der Waals surface area (Å²) < 4.78 is 2.00. The SMILES string of the molecule is CC(C)n1c[c-]nc1.[Y]. The smallest absolute Gasteiger partial charge is 0.0101 e. The fraction of sp³-hybridized carbons (Fsp3) is 0.500. The van der Waals surface area contributed by atoms with E-state index in [9.17, 15) is 0 Å². The largest absolute Gasteiger partial charge is 0.442 e. The van der Waals surface area contributed by atoms with Gasteiger partial charge in [-0.05, 0) is 13.8 Å². The van der Waals surface area contributed by atoms with Crippen molar-refractivity contribution in [3.05, 3.63) is 18.7 Å². The molecule has 0 aliphatic carbocycles. The number of hydrogen-bond acceptors (Lipinski definition) is 1. The van der Waals surface area contributed by atoms with E-state index in [1.54, 1.807) is 6.33 Å². The molecule has 1 aromatic rings. The molecule has 0 aliphatic heterocycles. The third-order valence-electron chi connectivity index (χ3n) is 1.07. The molecule has 0 bridgehead atoms. The summed E-state index contributed by atoms with van der Waals surface area (Å²) in [4.78, 5) is 3.78. The molecule has 0 amide bonds. The van der Waals surface area contributed by atoms with Crippen molar-refractivity contribution in [3.63, 3.8) is 0 Å². The van der Waals surface area contributed by atoms with E-state index in [1.807, 2.05) is 10.8 Å². The van der Waals surface area contributed by atoms with E-state index in [0.29, 0.717) is 6.04 Å². The Morgan fingerprint density at radius 1 is 1.56 bits per heavy atom. The molecular formula is C6H9N2Y-. The number of nitrogens with zero attached hydrogens (tertiary/aromatic N) is 2.